The van der Waals surface area contributed by atoms with E-state index in [1.807, 2.05) is 0 Å². The van der Waals surface area contributed by atoms with E-state index in [-0.39, 0.29) is 0 Å². The molecule has 1 fully saturated rings. The molecule has 0 unspecified atom stereocenters. The molecule has 2 heterocycles. The van der Waals surface area contributed by atoms with Gasteiger partial charge in [-0.1, -0.05) is 18.2 Å². The van der Waals surface area contributed by atoms with Gasteiger partial charge in [0.1, 0.15) is 11.8 Å². The largest absolute Gasteiger partial charge is 0.497 e. The zero-order valence-corrected chi connectivity index (χ0v) is 14.4. The fraction of sp³-hybridized carbons (Fsp3) is 0.333. The topological polar surface area (TPSA) is 29.5 Å². The number of quaternary nitrogens is 1. The van der Waals surface area contributed by atoms with Crippen LogP contribution in [0.1, 0.15) is 35.7 Å². The van der Waals surface area contributed by atoms with Crippen molar-refractivity contribution in [3.63, 3.8) is 0 Å². The van der Waals surface area contributed by atoms with Gasteiger partial charge < -0.3 is 14.6 Å². The van der Waals surface area contributed by atoms with Crippen molar-refractivity contribution in [2.45, 2.75) is 25.8 Å². The summed E-state index contributed by atoms with van der Waals surface area (Å²) in [7, 11) is 1.72. The van der Waals surface area contributed by atoms with E-state index in [2.05, 4.69) is 60.4 Å². The van der Waals surface area contributed by atoms with Crippen LogP contribution in [0.25, 0.3) is 10.9 Å². The Morgan fingerprint density at radius 1 is 1.00 bits per heavy atom. The van der Waals surface area contributed by atoms with Crippen LogP contribution < -0.4 is 9.64 Å². The van der Waals surface area contributed by atoms with E-state index >= 15 is 0 Å². The van der Waals surface area contributed by atoms with Crippen molar-refractivity contribution in [2.75, 3.05) is 20.2 Å². The molecule has 0 spiro atoms. The third kappa shape index (κ3) is 2.59. The van der Waals surface area contributed by atoms with Gasteiger partial charge in [-0.15, -0.1) is 0 Å². The molecule has 124 valence electrons. The summed E-state index contributed by atoms with van der Waals surface area (Å²) in [5.74, 6) is 0.921. The highest BCUT2D eigenvalue weighted by atomic mass is 16.5. The lowest BCUT2D eigenvalue weighted by Crippen LogP contribution is -3.10. The molecule has 2 aromatic carbocycles. The van der Waals surface area contributed by atoms with Crippen molar-refractivity contribution in [3.8, 4) is 5.75 Å². The van der Waals surface area contributed by atoms with Gasteiger partial charge in [-0.25, -0.2) is 0 Å². The summed E-state index contributed by atoms with van der Waals surface area (Å²) in [6.45, 7) is 4.70. The van der Waals surface area contributed by atoms with Crippen LogP contribution in [0.3, 0.4) is 0 Å². The molecule has 3 nitrogen and oxygen atoms in total. The molecule has 1 aromatic heterocycles. The third-order valence-corrected chi connectivity index (χ3v) is 5.34. The molecule has 3 heteroatoms. The summed E-state index contributed by atoms with van der Waals surface area (Å²) in [6, 6.07) is 17.7. The maximum Gasteiger partial charge on any atom is 0.141 e. The summed E-state index contributed by atoms with van der Waals surface area (Å²) in [5.41, 5.74) is 5.35. The smallest absolute Gasteiger partial charge is 0.141 e. The molecule has 1 aliphatic heterocycles. The number of aryl methyl sites for hydroxylation is 1. The fourth-order valence-electron chi connectivity index (χ4n) is 4.19. The Labute approximate surface area is 143 Å². The number of methoxy groups -OCH3 is 1. The number of nitrogens with one attached hydrogen (secondary N) is 2. The molecule has 1 aliphatic rings. The fourth-order valence-corrected chi connectivity index (χ4v) is 4.19. The lowest BCUT2D eigenvalue weighted by atomic mass is 9.94. The maximum absolute atomic E-state index is 5.35. The normalized spacial score (nSPS) is 16.6. The summed E-state index contributed by atoms with van der Waals surface area (Å²) in [4.78, 5) is 5.26. The molecule has 4 rings (SSSR count). The highest BCUT2D eigenvalue weighted by Gasteiger charge is 2.32. The van der Waals surface area contributed by atoms with Crippen LogP contribution in [-0.2, 0) is 0 Å². The van der Waals surface area contributed by atoms with Crippen LogP contribution in [0, 0.1) is 6.92 Å². The molecule has 0 bridgehead atoms. The molecule has 1 atom stereocenters. The van der Waals surface area contributed by atoms with E-state index in [9.17, 15) is 0 Å². The summed E-state index contributed by atoms with van der Waals surface area (Å²) in [6.07, 6.45) is 2.65. The van der Waals surface area contributed by atoms with Crippen molar-refractivity contribution < 1.29 is 9.64 Å². The second kappa shape index (κ2) is 6.33. The maximum atomic E-state index is 5.35. The number of para-hydroxylation sites is 1. The van der Waals surface area contributed by atoms with Gasteiger partial charge in [0.25, 0.3) is 0 Å². The Bertz CT molecular complexity index is 829. The minimum absolute atomic E-state index is 0.384. The second-order valence-corrected chi connectivity index (χ2v) is 6.78. The number of likely N-dealkylation sites (tertiary alicyclic amines) is 1. The average Bonchev–Trinajstić information content (AvgIpc) is 3.25. The number of fused-ring (bicyclic) bond motifs is 1. The predicted octanol–water partition coefficient (Wildman–Crippen LogP) is 3.25. The Morgan fingerprint density at radius 2 is 1.71 bits per heavy atom. The van der Waals surface area contributed by atoms with Gasteiger partial charge in [0.05, 0.1) is 20.2 Å². The number of rotatable bonds is 4. The number of ether oxygens (including phenoxy) is 1. The minimum Gasteiger partial charge on any atom is -0.497 e. The molecule has 24 heavy (non-hydrogen) atoms. The standard InChI is InChI=1S/C21H24N2O/c1-15-20(18-7-3-4-8-19(18)22-15)21(23-13-5-6-14-23)16-9-11-17(24-2)12-10-16/h3-4,7-12,21-22H,5-6,13-14H2,1-2H3/p+1/t21-/m0/s1. The summed E-state index contributed by atoms with van der Waals surface area (Å²) in [5, 5.41) is 1.36. The Kier molecular flexibility index (Phi) is 4.03. The zero-order valence-electron chi connectivity index (χ0n) is 14.4. The molecule has 2 N–H and O–H groups in total. The Hall–Kier alpha value is -2.26. The van der Waals surface area contributed by atoms with Crippen molar-refractivity contribution >= 4 is 10.9 Å². The van der Waals surface area contributed by atoms with Gasteiger partial charge in [0, 0.05) is 40.6 Å². The van der Waals surface area contributed by atoms with Crippen LogP contribution in [0.5, 0.6) is 5.75 Å². The zero-order chi connectivity index (χ0) is 16.5. The van der Waals surface area contributed by atoms with E-state index in [4.69, 9.17) is 4.74 Å². The number of hydrogen-bond acceptors (Lipinski definition) is 1. The van der Waals surface area contributed by atoms with Crippen molar-refractivity contribution in [1.29, 1.82) is 0 Å². The molecule has 0 saturated carbocycles. The number of aromatic nitrogens is 1. The number of aromatic amines is 1. The molecule has 0 amide bonds. The molecule has 0 aliphatic carbocycles. The van der Waals surface area contributed by atoms with Gasteiger partial charge in [-0.2, -0.15) is 0 Å². The quantitative estimate of drug-likeness (QED) is 0.759. The van der Waals surface area contributed by atoms with Gasteiger partial charge in [-0.05, 0) is 37.3 Å². The molecule has 3 aromatic rings. The molecular formula is C21H25N2O+. The highest BCUT2D eigenvalue weighted by molar-refractivity contribution is 5.85. The van der Waals surface area contributed by atoms with Crippen LogP contribution in [0.2, 0.25) is 0 Å². The summed E-state index contributed by atoms with van der Waals surface area (Å²) < 4.78 is 5.35. The lowest BCUT2D eigenvalue weighted by Gasteiger charge is -2.26. The van der Waals surface area contributed by atoms with Crippen LogP contribution >= 0.6 is 0 Å². The SMILES string of the molecule is COc1ccc([C@@H](c2c(C)[nH]c3ccccc23)[NH+]2CCCC2)cc1. The first kappa shape index (κ1) is 15.3. The molecule has 0 radical (unpaired) electrons. The molecule has 1 saturated heterocycles. The van der Waals surface area contributed by atoms with E-state index in [1.165, 1.54) is 53.7 Å². The number of benzene rings is 2. The van der Waals surface area contributed by atoms with Gasteiger partial charge in [0.15, 0.2) is 0 Å². The first-order chi connectivity index (χ1) is 11.8. The van der Waals surface area contributed by atoms with Gasteiger partial charge >= 0.3 is 0 Å². The van der Waals surface area contributed by atoms with E-state index in [0.29, 0.717) is 6.04 Å². The van der Waals surface area contributed by atoms with Crippen molar-refractivity contribution in [2.24, 2.45) is 0 Å². The predicted molar refractivity (Wildman–Crippen MR) is 97.8 cm³/mol. The van der Waals surface area contributed by atoms with Crippen molar-refractivity contribution in [3.05, 3.63) is 65.4 Å². The van der Waals surface area contributed by atoms with E-state index in [1.54, 1.807) is 12.0 Å². The van der Waals surface area contributed by atoms with Crippen LogP contribution in [0.4, 0.5) is 0 Å². The van der Waals surface area contributed by atoms with Gasteiger partial charge in [0.2, 0.25) is 0 Å². The van der Waals surface area contributed by atoms with E-state index < -0.39 is 0 Å². The first-order valence-corrected chi connectivity index (χ1v) is 8.83. The second-order valence-electron chi connectivity index (χ2n) is 6.78. The first-order valence-electron chi connectivity index (χ1n) is 8.83. The summed E-state index contributed by atoms with van der Waals surface area (Å²) >= 11 is 0. The Morgan fingerprint density at radius 3 is 2.42 bits per heavy atom. The Balaban J connectivity index is 1.86. The third-order valence-electron chi connectivity index (χ3n) is 5.34. The highest BCUT2D eigenvalue weighted by Crippen LogP contribution is 2.31. The lowest BCUT2D eigenvalue weighted by molar-refractivity contribution is -0.913. The average molecular weight is 321 g/mol. The number of hydrogen-bond donors (Lipinski definition) is 2. The monoisotopic (exact) mass is 321 g/mol. The molecular weight excluding hydrogens is 296 g/mol. The van der Waals surface area contributed by atoms with E-state index in [0.717, 1.165) is 5.75 Å². The minimum atomic E-state index is 0.384. The van der Waals surface area contributed by atoms with Crippen molar-refractivity contribution in [1.82, 2.24) is 4.98 Å². The number of H-pyrrole nitrogens is 1. The van der Waals surface area contributed by atoms with Crippen LogP contribution in [0.15, 0.2) is 48.5 Å². The van der Waals surface area contributed by atoms with Gasteiger partial charge in [-0.3, -0.25) is 0 Å². The van der Waals surface area contributed by atoms with Crippen LogP contribution in [-0.4, -0.2) is 25.2 Å².